The minimum Gasteiger partial charge on any atom is -0.366 e. The van der Waals surface area contributed by atoms with Crippen molar-refractivity contribution in [3.8, 4) is 0 Å². The molecule has 5 N–H and O–H groups in total. The van der Waals surface area contributed by atoms with Crippen LogP contribution >= 0.6 is 15.2 Å². The third-order valence-corrected chi connectivity index (χ3v) is 5.72. The van der Waals surface area contributed by atoms with Crippen molar-refractivity contribution in [2.45, 2.75) is 11.8 Å². The summed E-state index contributed by atoms with van der Waals surface area (Å²) in [5.74, 6) is 0. The van der Waals surface area contributed by atoms with Gasteiger partial charge in [0, 0.05) is 12.4 Å². The number of aliphatic hydroxyl groups is 1. The molecule has 0 aliphatic rings. The summed E-state index contributed by atoms with van der Waals surface area (Å²) in [6.07, 6.45) is 4.17. The van der Waals surface area contributed by atoms with E-state index >= 15 is 0 Å². The monoisotopic (exact) mass is 302 g/mol. The molecule has 1 heterocycles. The Labute approximate surface area is 101 Å². The third-order valence-electron chi connectivity index (χ3n) is 2.03. The first-order chi connectivity index (χ1) is 8.08. The van der Waals surface area contributed by atoms with Gasteiger partial charge in [0.25, 0.3) is 5.08 Å². The molecular formula is C6H12N2O8P2. The fourth-order valence-corrected chi connectivity index (χ4v) is 2.87. The summed E-state index contributed by atoms with van der Waals surface area (Å²) in [7, 11) is -10.9. The van der Waals surface area contributed by atoms with Crippen molar-refractivity contribution in [3.05, 3.63) is 18.7 Å². The summed E-state index contributed by atoms with van der Waals surface area (Å²) in [5, 5.41) is 5.88. The van der Waals surface area contributed by atoms with Crippen LogP contribution in [0.1, 0.15) is 0 Å². The molecule has 0 bridgehead atoms. The number of imidazole rings is 1. The zero-order valence-corrected chi connectivity index (χ0v) is 10.7. The molecule has 0 spiro atoms. The van der Waals surface area contributed by atoms with E-state index in [4.69, 9.17) is 19.6 Å². The van der Waals surface area contributed by atoms with E-state index in [9.17, 15) is 14.2 Å². The van der Waals surface area contributed by atoms with Crippen LogP contribution in [0.15, 0.2) is 18.7 Å². The number of hydrogen-bond acceptors (Lipinski definition) is 5. The molecule has 18 heavy (non-hydrogen) atoms. The summed E-state index contributed by atoms with van der Waals surface area (Å²) >= 11 is 0. The lowest BCUT2D eigenvalue weighted by Gasteiger charge is -2.28. The molecule has 0 aliphatic heterocycles. The molecule has 1 aromatic heterocycles. The Bertz CT molecular complexity index is 454. The topological polar surface area (TPSA) is 162 Å². The van der Waals surface area contributed by atoms with Crippen molar-refractivity contribution in [2.24, 2.45) is 0 Å². The molecule has 0 saturated heterocycles. The molecular weight excluding hydrogens is 290 g/mol. The normalized spacial score (nSPS) is 13.8. The van der Waals surface area contributed by atoms with Crippen molar-refractivity contribution in [1.82, 2.24) is 9.55 Å². The highest BCUT2D eigenvalue weighted by Gasteiger charge is 2.59. The second kappa shape index (κ2) is 5.20. The summed E-state index contributed by atoms with van der Waals surface area (Å²) < 4.78 is 27.9. The molecule has 0 aromatic carbocycles. The van der Waals surface area contributed by atoms with Crippen LogP contribution in [-0.4, -0.2) is 45.9 Å². The lowest BCUT2D eigenvalue weighted by atomic mass is 10.7. The smallest absolute Gasteiger partial charge is 0.366 e. The minimum atomic E-state index is -5.47. The number of rotatable bonds is 6. The highest BCUT2D eigenvalue weighted by molar-refractivity contribution is 7.72. The van der Waals surface area contributed by atoms with Crippen LogP contribution in [0.25, 0.3) is 0 Å². The zero-order chi connectivity index (χ0) is 14.0. The molecule has 0 aliphatic carbocycles. The summed E-state index contributed by atoms with van der Waals surface area (Å²) in [5.41, 5.74) is 0. The van der Waals surface area contributed by atoms with Crippen LogP contribution in [0.5, 0.6) is 0 Å². The van der Waals surface area contributed by atoms with Gasteiger partial charge in [0.05, 0.1) is 6.33 Å². The Hall–Kier alpha value is -0.570. The molecule has 1 rings (SSSR count). The van der Waals surface area contributed by atoms with E-state index in [0.29, 0.717) is 0 Å². The van der Waals surface area contributed by atoms with Gasteiger partial charge in [-0.1, -0.05) is 0 Å². The van der Waals surface area contributed by atoms with Gasteiger partial charge in [-0.25, -0.2) is 4.98 Å². The highest BCUT2D eigenvalue weighted by atomic mass is 31.2. The summed E-state index contributed by atoms with van der Waals surface area (Å²) in [6, 6.07) is 0. The Morgan fingerprint density at radius 2 is 1.78 bits per heavy atom. The summed E-state index contributed by atoms with van der Waals surface area (Å²) in [6.45, 7) is -1.50. The average molecular weight is 302 g/mol. The number of aromatic nitrogens is 2. The van der Waals surface area contributed by atoms with Gasteiger partial charge in [-0.2, -0.15) is 0 Å². The molecule has 0 atom stereocenters. The first-order valence-corrected chi connectivity index (χ1v) is 7.67. The van der Waals surface area contributed by atoms with Gasteiger partial charge in [-0.3, -0.25) is 9.13 Å². The zero-order valence-electron chi connectivity index (χ0n) is 8.90. The van der Waals surface area contributed by atoms with Crippen molar-refractivity contribution < 1.29 is 38.5 Å². The second-order valence-corrected chi connectivity index (χ2v) is 7.43. The average Bonchev–Trinajstić information content (AvgIpc) is 2.66. The minimum absolute atomic E-state index is 0.275. The fraction of sp³-hybridized carbons (Fsp3) is 0.500. The van der Waals surface area contributed by atoms with E-state index in [0.717, 1.165) is 0 Å². The molecule has 0 unspecified atom stereocenters. The van der Waals surface area contributed by atoms with Gasteiger partial charge in [-0.05, 0) is 0 Å². The lowest BCUT2D eigenvalue weighted by molar-refractivity contribution is -0.00252. The Kier molecular flexibility index (Phi) is 4.47. The van der Waals surface area contributed by atoms with Crippen LogP contribution in [-0.2, 0) is 20.6 Å². The maximum absolute atomic E-state index is 10.9. The van der Waals surface area contributed by atoms with E-state index in [2.05, 4.69) is 9.72 Å². The Balaban J connectivity index is 2.76. The fourth-order valence-electron chi connectivity index (χ4n) is 0.989. The van der Waals surface area contributed by atoms with E-state index in [1.54, 1.807) is 0 Å². The van der Waals surface area contributed by atoms with Crippen LogP contribution < -0.4 is 0 Å². The van der Waals surface area contributed by atoms with Crippen molar-refractivity contribution in [2.75, 3.05) is 6.61 Å². The van der Waals surface area contributed by atoms with Crippen molar-refractivity contribution >= 4 is 15.2 Å². The number of nitrogens with zero attached hydrogens (tertiary/aromatic N) is 2. The number of ether oxygens (including phenoxy) is 1. The SMILES string of the molecule is O=P(O)(O)C(O)(COCn1ccnc1)P(=O)(O)O. The molecule has 0 saturated carbocycles. The number of hydrogen-bond donors (Lipinski definition) is 5. The molecule has 12 heteroatoms. The largest absolute Gasteiger partial charge is 0.371 e. The van der Waals surface area contributed by atoms with E-state index in [1.165, 1.54) is 23.3 Å². The lowest BCUT2D eigenvalue weighted by Crippen LogP contribution is -2.34. The Morgan fingerprint density at radius 1 is 1.22 bits per heavy atom. The molecule has 0 radical (unpaired) electrons. The molecule has 104 valence electrons. The van der Waals surface area contributed by atoms with Crippen molar-refractivity contribution in [3.63, 3.8) is 0 Å². The quantitative estimate of drug-likeness (QED) is 0.409. The standard InChI is InChI=1S/C6H12N2O8P2/c9-6(17(10,11)12,18(13,14)15)3-16-5-8-2-1-7-4-8/h1-2,4,9H,3,5H2,(H2,10,11,12)(H2,13,14,15). The van der Waals surface area contributed by atoms with E-state index < -0.39 is 26.9 Å². The van der Waals surface area contributed by atoms with Crippen LogP contribution in [0.2, 0.25) is 0 Å². The van der Waals surface area contributed by atoms with Gasteiger partial charge in [0.1, 0.15) is 13.3 Å². The van der Waals surface area contributed by atoms with Crippen LogP contribution in [0, 0.1) is 0 Å². The van der Waals surface area contributed by atoms with Gasteiger partial charge in [0.2, 0.25) is 0 Å². The summed E-state index contributed by atoms with van der Waals surface area (Å²) in [4.78, 5) is 38.8. The predicted octanol–water partition coefficient (Wildman–Crippen LogP) is -1.14. The van der Waals surface area contributed by atoms with Crippen LogP contribution in [0.3, 0.4) is 0 Å². The first-order valence-electron chi connectivity index (χ1n) is 4.45. The molecule has 0 fully saturated rings. The van der Waals surface area contributed by atoms with Crippen LogP contribution in [0.4, 0.5) is 0 Å². The predicted molar refractivity (Wildman–Crippen MR) is 57.2 cm³/mol. The molecule has 1 aromatic rings. The molecule has 10 nitrogen and oxygen atoms in total. The van der Waals surface area contributed by atoms with E-state index in [-0.39, 0.29) is 6.73 Å². The first kappa shape index (κ1) is 15.5. The third kappa shape index (κ3) is 3.25. The van der Waals surface area contributed by atoms with Gasteiger partial charge >= 0.3 is 15.2 Å². The van der Waals surface area contributed by atoms with Gasteiger partial charge < -0.3 is 34.0 Å². The molecule has 0 amide bonds. The van der Waals surface area contributed by atoms with E-state index in [1.807, 2.05) is 0 Å². The highest BCUT2D eigenvalue weighted by Crippen LogP contribution is 2.67. The maximum Gasteiger partial charge on any atom is 0.371 e. The maximum atomic E-state index is 10.9. The van der Waals surface area contributed by atoms with Gasteiger partial charge in [0.15, 0.2) is 0 Å². The van der Waals surface area contributed by atoms with Crippen molar-refractivity contribution in [1.29, 1.82) is 0 Å². The Morgan fingerprint density at radius 3 is 2.17 bits per heavy atom. The van der Waals surface area contributed by atoms with Gasteiger partial charge in [-0.15, -0.1) is 0 Å². The second-order valence-electron chi connectivity index (χ2n) is 3.42.